The molecule has 0 aliphatic rings. The van der Waals surface area contributed by atoms with E-state index in [1.165, 1.54) is 11.3 Å². The molecule has 0 aliphatic carbocycles. The lowest BCUT2D eigenvalue weighted by Gasteiger charge is -2.07. The first-order chi connectivity index (χ1) is 13.5. The molecule has 9 heteroatoms. The molecule has 3 aromatic rings. The van der Waals surface area contributed by atoms with Gasteiger partial charge in [-0.1, -0.05) is 0 Å². The molecule has 3 N–H and O–H groups in total. The number of carbonyl (C=O) groups is 2. The standard InChI is InChI=1S/C19H22N4O4S/c1-11-10-28-19(21-11)23-16(24)5-4-8-20-18(25)14-9-12-13(22-14)6-7-15(26-2)17(12)27-3/h6-7,9-10,22H,4-5,8H2,1-3H3,(H,20,25)(H,21,23,24). The van der Waals surface area contributed by atoms with Crippen molar-refractivity contribution in [1.29, 1.82) is 0 Å². The van der Waals surface area contributed by atoms with Gasteiger partial charge in [0.25, 0.3) is 5.91 Å². The first kappa shape index (κ1) is 19.7. The molecule has 1 aromatic carbocycles. The first-order valence-corrected chi connectivity index (χ1v) is 9.63. The Morgan fingerprint density at radius 2 is 2.07 bits per heavy atom. The van der Waals surface area contributed by atoms with Crippen molar-refractivity contribution >= 4 is 39.2 Å². The number of hydrogen-bond donors (Lipinski definition) is 3. The van der Waals surface area contributed by atoms with E-state index in [9.17, 15) is 9.59 Å². The molecule has 0 saturated carbocycles. The second-order valence-corrected chi connectivity index (χ2v) is 7.01. The highest BCUT2D eigenvalue weighted by Gasteiger charge is 2.15. The summed E-state index contributed by atoms with van der Waals surface area (Å²) in [6.07, 6.45) is 0.829. The Labute approximate surface area is 166 Å². The largest absolute Gasteiger partial charge is 0.493 e. The summed E-state index contributed by atoms with van der Waals surface area (Å²) in [4.78, 5) is 31.5. The van der Waals surface area contributed by atoms with Crippen LogP contribution in [0.25, 0.3) is 10.9 Å². The number of thiazole rings is 1. The molecular formula is C19H22N4O4S. The molecule has 2 heterocycles. The number of hydrogen-bond acceptors (Lipinski definition) is 6. The summed E-state index contributed by atoms with van der Waals surface area (Å²) in [5, 5.41) is 8.80. The zero-order valence-corrected chi connectivity index (χ0v) is 16.7. The zero-order chi connectivity index (χ0) is 20.1. The van der Waals surface area contributed by atoms with Crippen LogP contribution in [0.4, 0.5) is 5.13 Å². The minimum Gasteiger partial charge on any atom is -0.493 e. The van der Waals surface area contributed by atoms with Gasteiger partial charge in [-0.3, -0.25) is 9.59 Å². The Morgan fingerprint density at radius 3 is 2.75 bits per heavy atom. The Balaban J connectivity index is 1.53. The van der Waals surface area contributed by atoms with Crippen molar-refractivity contribution in [2.45, 2.75) is 19.8 Å². The number of aromatic nitrogens is 2. The third-order valence-corrected chi connectivity index (χ3v) is 4.99. The predicted octanol–water partition coefficient (Wildman–Crippen LogP) is 3.10. The van der Waals surface area contributed by atoms with E-state index in [0.717, 1.165) is 16.6 Å². The van der Waals surface area contributed by atoms with Gasteiger partial charge in [0.15, 0.2) is 16.6 Å². The van der Waals surface area contributed by atoms with E-state index < -0.39 is 0 Å². The number of fused-ring (bicyclic) bond motifs is 1. The number of amides is 2. The van der Waals surface area contributed by atoms with Crippen molar-refractivity contribution in [1.82, 2.24) is 15.3 Å². The molecule has 0 bridgehead atoms. The molecule has 0 atom stereocenters. The van der Waals surface area contributed by atoms with Gasteiger partial charge >= 0.3 is 0 Å². The minimum absolute atomic E-state index is 0.119. The van der Waals surface area contributed by atoms with E-state index in [1.807, 2.05) is 18.4 Å². The number of benzene rings is 1. The molecule has 3 rings (SSSR count). The van der Waals surface area contributed by atoms with E-state index in [1.54, 1.807) is 26.4 Å². The summed E-state index contributed by atoms with van der Waals surface area (Å²) in [5.74, 6) is 0.811. The fourth-order valence-corrected chi connectivity index (χ4v) is 3.49. The van der Waals surface area contributed by atoms with Crippen LogP contribution in [0.2, 0.25) is 0 Å². The monoisotopic (exact) mass is 402 g/mol. The van der Waals surface area contributed by atoms with E-state index in [4.69, 9.17) is 9.47 Å². The Kier molecular flexibility index (Phi) is 6.15. The zero-order valence-electron chi connectivity index (χ0n) is 15.9. The molecule has 148 valence electrons. The maximum absolute atomic E-state index is 12.4. The molecule has 0 unspecified atom stereocenters. The summed E-state index contributed by atoms with van der Waals surface area (Å²) in [7, 11) is 3.12. The van der Waals surface area contributed by atoms with Crippen LogP contribution in [0.5, 0.6) is 11.5 Å². The second kappa shape index (κ2) is 8.75. The van der Waals surface area contributed by atoms with Gasteiger partial charge in [-0.25, -0.2) is 4.98 Å². The highest BCUT2D eigenvalue weighted by atomic mass is 32.1. The number of aromatic amines is 1. The van der Waals surface area contributed by atoms with Crippen LogP contribution in [0.15, 0.2) is 23.6 Å². The fraction of sp³-hybridized carbons (Fsp3) is 0.316. The van der Waals surface area contributed by atoms with Gasteiger partial charge in [-0.05, 0) is 31.5 Å². The SMILES string of the molecule is COc1ccc2[nH]c(C(=O)NCCCC(=O)Nc3nc(C)cs3)cc2c1OC. The van der Waals surface area contributed by atoms with Gasteiger partial charge in [-0.15, -0.1) is 11.3 Å². The predicted molar refractivity (Wildman–Crippen MR) is 108 cm³/mol. The average Bonchev–Trinajstić information content (AvgIpc) is 3.30. The molecule has 28 heavy (non-hydrogen) atoms. The first-order valence-electron chi connectivity index (χ1n) is 8.75. The van der Waals surface area contributed by atoms with Crippen LogP contribution in [0.3, 0.4) is 0 Å². The van der Waals surface area contributed by atoms with Gasteiger partial charge in [0.05, 0.1) is 25.4 Å². The van der Waals surface area contributed by atoms with E-state index in [-0.39, 0.29) is 11.8 Å². The second-order valence-electron chi connectivity index (χ2n) is 6.15. The van der Waals surface area contributed by atoms with Gasteiger partial charge in [0, 0.05) is 23.7 Å². The van der Waals surface area contributed by atoms with Crippen LogP contribution in [0.1, 0.15) is 29.0 Å². The average molecular weight is 402 g/mol. The van der Waals surface area contributed by atoms with Crippen molar-refractivity contribution in [3.05, 3.63) is 35.0 Å². The fourth-order valence-electron chi connectivity index (χ4n) is 2.79. The number of carbonyl (C=O) groups excluding carboxylic acids is 2. The Morgan fingerprint density at radius 1 is 1.25 bits per heavy atom. The van der Waals surface area contributed by atoms with Gasteiger partial charge in [-0.2, -0.15) is 0 Å². The summed E-state index contributed by atoms with van der Waals surface area (Å²) < 4.78 is 10.7. The van der Waals surface area contributed by atoms with Gasteiger partial charge in [0.2, 0.25) is 5.91 Å². The molecule has 0 saturated heterocycles. The lowest BCUT2D eigenvalue weighted by molar-refractivity contribution is -0.116. The molecule has 2 amide bonds. The van der Waals surface area contributed by atoms with Crippen LogP contribution in [-0.4, -0.2) is 42.5 Å². The van der Waals surface area contributed by atoms with E-state index in [2.05, 4.69) is 20.6 Å². The number of methoxy groups -OCH3 is 2. The molecule has 0 radical (unpaired) electrons. The third-order valence-electron chi connectivity index (χ3n) is 4.12. The number of H-pyrrole nitrogens is 1. The number of rotatable bonds is 8. The van der Waals surface area contributed by atoms with Crippen molar-refractivity contribution in [2.24, 2.45) is 0 Å². The van der Waals surface area contributed by atoms with Gasteiger partial charge in [0.1, 0.15) is 5.69 Å². The smallest absolute Gasteiger partial charge is 0.267 e. The molecule has 2 aromatic heterocycles. The highest BCUT2D eigenvalue weighted by Crippen LogP contribution is 2.35. The number of nitrogens with one attached hydrogen (secondary N) is 3. The van der Waals surface area contributed by atoms with Crippen molar-refractivity contribution < 1.29 is 19.1 Å². The number of aryl methyl sites for hydroxylation is 1. The van der Waals surface area contributed by atoms with Crippen LogP contribution >= 0.6 is 11.3 Å². The molecular weight excluding hydrogens is 380 g/mol. The number of nitrogens with zero attached hydrogens (tertiary/aromatic N) is 1. The van der Waals surface area contributed by atoms with Crippen molar-refractivity contribution in [3.63, 3.8) is 0 Å². The quantitative estimate of drug-likeness (QED) is 0.502. The summed E-state index contributed by atoms with van der Waals surface area (Å²) >= 11 is 1.39. The third kappa shape index (κ3) is 4.42. The molecule has 0 spiro atoms. The van der Waals surface area contributed by atoms with E-state index in [0.29, 0.717) is 41.7 Å². The van der Waals surface area contributed by atoms with E-state index >= 15 is 0 Å². The van der Waals surface area contributed by atoms with Crippen molar-refractivity contribution in [3.8, 4) is 11.5 Å². The summed E-state index contributed by atoms with van der Waals surface area (Å²) in [6.45, 7) is 2.26. The maximum atomic E-state index is 12.4. The van der Waals surface area contributed by atoms with Crippen LogP contribution < -0.4 is 20.1 Å². The van der Waals surface area contributed by atoms with Crippen LogP contribution in [0, 0.1) is 6.92 Å². The number of ether oxygens (including phenoxy) is 2. The van der Waals surface area contributed by atoms with Crippen LogP contribution in [-0.2, 0) is 4.79 Å². The Bertz CT molecular complexity index is 995. The lowest BCUT2D eigenvalue weighted by atomic mass is 10.2. The highest BCUT2D eigenvalue weighted by molar-refractivity contribution is 7.13. The molecule has 8 nitrogen and oxygen atoms in total. The minimum atomic E-state index is -0.242. The number of anilines is 1. The Hall–Kier alpha value is -3.07. The van der Waals surface area contributed by atoms with Crippen molar-refractivity contribution in [2.75, 3.05) is 26.1 Å². The maximum Gasteiger partial charge on any atom is 0.267 e. The van der Waals surface area contributed by atoms with Gasteiger partial charge < -0.3 is 25.1 Å². The lowest BCUT2D eigenvalue weighted by Crippen LogP contribution is -2.25. The normalized spacial score (nSPS) is 10.7. The topological polar surface area (TPSA) is 105 Å². The summed E-state index contributed by atoms with van der Waals surface area (Å²) in [6, 6.07) is 5.34. The summed E-state index contributed by atoms with van der Waals surface area (Å²) in [5.41, 5.74) is 2.07. The molecule has 0 aliphatic heterocycles. The molecule has 0 fully saturated rings.